The molecule has 1 aromatic rings. The maximum Gasteiger partial charge on any atom is 0.133 e. The van der Waals surface area contributed by atoms with Gasteiger partial charge in [0.15, 0.2) is 0 Å². The number of phenols is 1. The smallest absolute Gasteiger partial charge is 0.133 e. The summed E-state index contributed by atoms with van der Waals surface area (Å²) in [5.41, 5.74) is 6.65. The molecule has 0 amide bonds. The minimum atomic E-state index is -0.542. The molecule has 2 atom stereocenters. The molecule has 0 heterocycles. The van der Waals surface area contributed by atoms with Crippen molar-refractivity contribution < 1.29 is 10.2 Å². The van der Waals surface area contributed by atoms with E-state index in [1.165, 1.54) is 0 Å². The zero-order valence-corrected chi connectivity index (χ0v) is 12.8. The molecular weight excluding hydrogens is 432 g/mol. The first-order valence-corrected chi connectivity index (χ1v) is 7.28. The van der Waals surface area contributed by atoms with Crippen LogP contribution in [0.25, 0.3) is 0 Å². The molecule has 88 valence electrons. The molecule has 0 saturated heterocycles. The molecule has 5 heteroatoms. The number of phenolic OH excluding ortho intramolecular Hbond substituents is 1. The molecule has 1 aliphatic rings. The van der Waals surface area contributed by atoms with Gasteiger partial charge in [-0.2, -0.15) is 0 Å². The molecule has 4 N–H and O–H groups in total. The first kappa shape index (κ1) is 12.8. The van der Waals surface area contributed by atoms with Crippen LogP contribution in [0, 0.1) is 13.1 Å². The number of halogens is 2. The van der Waals surface area contributed by atoms with E-state index in [4.69, 9.17) is 5.73 Å². The summed E-state index contributed by atoms with van der Waals surface area (Å²) in [6, 6.07) is 3.24. The van der Waals surface area contributed by atoms with Crippen LogP contribution < -0.4 is 5.73 Å². The molecular formula is C11H13I2NO2. The predicted molar refractivity (Wildman–Crippen MR) is 79.2 cm³/mol. The Morgan fingerprint density at radius 2 is 1.94 bits per heavy atom. The Kier molecular flexibility index (Phi) is 3.97. The fraction of sp³-hybridized carbons (Fsp3) is 0.455. The van der Waals surface area contributed by atoms with E-state index in [1.807, 2.05) is 12.1 Å². The number of nitrogens with two attached hydrogens (primary N) is 1. The molecule has 0 aromatic heterocycles. The fourth-order valence-corrected chi connectivity index (χ4v) is 3.64. The van der Waals surface area contributed by atoms with E-state index in [-0.39, 0.29) is 5.75 Å². The van der Waals surface area contributed by atoms with Crippen molar-refractivity contribution in [2.45, 2.75) is 25.0 Å². The number of rotatable bonds is 3. The van der Waals surface area contributed by atoms with E-state index in [0.29, 0.717) is 11.5 Å². The lowest BCUT2D eigenvalue weighted by molar-refractivity contribution is 0.121. The van der Waals surface area contributed by atoms with Gasteiger partial charge in [-0.3, -0.25) is 0 Å². The molecule has 1 fully saturated rings. The lowest BCUT2D eigenvalue weighted by Gasteiger charge is -2.20. The number of aliphatic hydroxyl groups excluding tert-OH is 1. The molecule has 0 aliphatic heterocycles. The van der Waals surface area contributed by atoms with E-state index in [9.17, 15) is 10.2 Å². The number of benzene rings is 1. The van der Waals surface area contributed by atoms with E-state index in [1.54, 1.807) is 0 Å². The van der Waals surface area contributed by atoms with Crippen molar-refractivity contribution in [2.75, 3.05) is 0 Å². The van der Waals surface area contributed by atoms with Gasteiger partial charge >= 0.3 is 0 Å². The zero-order valence-electron chi connectivity index (χ0n) is 8.53. The van der Waals surface area contributed by atoms with Gasteiger partial charge in [0, 0.05) is 9.13 Å². The third-order valence-electron chi connectivity index (χ3n) is 2.89. The topological polar surface area (TPSA) is 66.5 Å². The number of hydrogen-bond donors (Lipinski definition) is 3. The van der Waals surface area contributed by atoms with Crippen LogP contribution in [0.5, 0.6) is 5.75 Å². The van der Waals surface area contributed by atoms with Crippen LogP contribution in [0.1, 0.15) is 24.4 Å². The summed E-state index contributed by atoms with van der Waals surface area (Å²) >= 11 is 4.26. The minimum Gasteiger partial charge on any atom is -0.506 e. The molecule has 0 spiro atoms. The molecule has 3 nitrogen and oxygen atoms in total. The minimum absolute atomic E-state index is 0.202. The maximum absolute atomic E-state index is 9.98. The van der Waals surface area contributed by atoms with Crippen LogP contribution in [0.3, 0.4) is 0 Å². The third kappa shape index (κ3) is 2.62. The van der Waals surface area contributed by atoms with E-state index >= 15 is 0 Å². The SMILES string of the molecule is N[C@H](c1cc(I)cc(I)c1O)[C@@H](O)C1CC1. The van der Waals surface area contributed by atoms with E-state index in [2.05, 4.69) is 45.2 Å². The van der Waals surface area contributed by atoms with Crippen LogP contribution in [-0.4, -0.2) is 16.3 Å². The first-order chi connectivity index (χ1) is 7.50. The monoisotopic (exact) mass is 445 g/mol. The van der Waals surface area contributed by atoms with Crippen LogP contribution >= 0.6 is 45.2 Å². The molecule has 2 rings (SSSR count). The van der Waals surface area contributed by atoms with Gasteiger partial charge in [-0.05, 0) is 76.1 Å². The van der Waals surface area contributed by atoms with Crippen LogP contribution in [0.15, 0.2) is 12.1 Å². The van der Waals surface area contributed by atoms with Crippen molar-refractivity contribution in [1.29, 1.82) is 0 Å². The number of aromatic hydroxyl groups is 1. The highest BCUT2D eigenvalue weighted by Gasteiger charge is 2.35. The Morgan fingerprint density at radius 1 is 1.31 bits per heavy atom. The Bertz CT molecular complexity index is 407. The van der Waals surface area contributed by atoms with Crippen LogP contribution in [0.4, 0.5) is 0 Å². The van der Waals surface area contributed by atoms with Crippen molar-refractivity contribution in [3.63, 3.8) is 0 Å². The van der Waals surface area contributed by atoms with Crippen molar-refractivity contribution in [3.05, 3.63) is 24.8 Å². The largest absolute Gasteiger partial charge is 0.506 e. The molecule has 0 bridgehead atoms. The molecule has 0 radical (unpaired) electrons. The van der Waals surface area contributed by atoms with Gasteiger partial charge < -0.3 is 15.9 Å². The van der Waals surface area contributed by atoms with Gasteiger partial charge in [0.1, 0.15) is 5.75 Å². The lowest BCUT2D eigenvalue weighted by atomic mass is 9.98. The van der Waals surface area contributed by atoms with Crippen molar-refractivity contribution in [2.24, 2.45) is 11.7 Å². The first-order valence-electron chi connectivity index (χ1n) is 5.12. The van der Waals surface area contributed by atoms with Crippen LogP contribution in [-0.2, 0) is 0 Å². The van der Waals surface area contributed by atoms with E-state index < -0.39 is 12.1 Å². The summed E-state index contributed by atoms with van der Waals surface area (Å²) in [7, 11) is 0. The standard InChI is InChI=1S/C11H13I2NO2/c12-6-3-7(11(16)8(13)4-6)9(14)10(15)5-1-2-5/h3-5,9-10,15-16H,1-2,14H2/t9-,10+/m1/s1. The highest BCUT2D eigenvalue weighted by atomic mass is 127. The Morgan fingerprint density at radius 3 is 2.50 bits per heavy atom. The Hall–Kier alpha value is 0.400. The maximum atomic E-state index is 9.98. The second kappa shape index (κ2) is 4.95. The van der Waals surface area contributed by atoms with Gasteiger partial charge in [-0.25, -0.2) is 0 Å². The van der Waals surface area contributed by atoms with Gasteiger partial charge in [0.2, 0.25) is 0 Å². The third-order valence-corrected chi connectivity index (χ3v) is 4.33. The second-order valence-corrected chi connectivity index (χ2v) is 6.59. The van der Waals surface area contributed by atoms with Crippen LogP contribution in [0.2, 0.25) is 0 Å². The summed E-state index contributed by atoms with van der Waals surface area (Å²) < 4.78 is 1.80. The highest BCUT2D eigenvalue weighted by Crippen LogP contribution is 2.40. The second-order valence-electron chi connectivity index (χ2n) is 4.18. The average molecular weight is 445 g/mol. The van der Waals surface area contributed by atoms with E-state index in [0.717, 1.165) is 20.0 Å². The van der Waals surface area contributed by atoms with Gasteiger partial charge in [-0.1, -0.05) is 0 Å². The summed E-state index contributed by atoms with van der Waals surface area (Å²) in [5.74, 6) is 0.512. The highest BCUT2D eigenvalue weighted by molar-refractivity contribution is 14.1. The Balaban J connectivity index is 2.31. The lowest BCUT2D eigenvalue weighted by Crippen LogP contribution is -2.28. The molecule has 0 unspecified atom stereocenters. The van der Waals surface area contributed by atoms with Gasteiger partial charge in [0.05, 0.1) is 15.7 Å². The molecule has 16 heavy (non-hydrogen) atoms. The normalized spacial score (nSPS) is 19.5. The van der Waals surface area contributed by atoms with Crippen molar-refractivity contribution in [3.8, 4) is 5.75 Å². The number of aliphatic hydroxyl groups is 1. The van der Waals surface area contributed by atoms with Gasteiger partial charge in [0.25, 0.3) is 0 Å². The number of hydrogen-bond acceptors (Lipinski definition) is 3. The molecule has 1 saturated carbocycles. The van der Waals surface area contributed by atoms with Crippen molar-refractivity contribution in [1.82, 2.24) is 0 Å². The summed E-state index contributed by atoms with van der Waals surface area (Å²) in [5, 5.41) is 19.9. The Labute approximate surface area is 122 Å². The van der Waals surface area contributed by atoms with Gasteiger partial charge in [-0.15, -0.1) is 0 Å². The molecule has 1 aromatic carbocycles. The predicted octanol–water partition coefficient (Wildman–Crippen LogP) is 2.37. The zero-order chi connectivity index (χ0) is 11.9. The summed E-state index contributed by atoms with van der Waals surface area (Å²) in [6.45, 7) is 0. The summed E-state index contributed by atoms with van der Waals surface area (Å²) in [4.78, 5) is 0. The quantitative estimate of drug-likeness (QED) is 0.627. The van der Waals surface area contributed by atoms with Crippen molar-refractivity contribution >= 4 is 45.2 Å². The summed E-state index contributed by atoms with van der Waals surface area (Å²) in [6.07, 6.45) is 1.53. The molecule has 1 aliphatic carbocycles. The fourth-order valence-electron chi connectivity index (χ4n) is 1.75. The average Bonchev–Trinajstić information content (AvgIpc) is 3.05.